The normalized spacial score (nSPS) is 19.3. The highest BCUT2D eigenvalue weighted by atomic mass is 15.2. The second-order valence-electron chi connectivity index (χ2n) is 11.2. The second kappa shape index (κ2) is 11.2. The number of anilines is 2. The number of hydrogen-bond donors (Lipinski definition) is 3. The van der Waals surface area contributed by atoms with Crippen molar-refractivity contribution in [3.63, 3.8) is 0 Å². The minimum atomic E-state index is 0.447. The number of aromatic amines is 1. The Balaban J connectivity index is 1.06. The lowest BCUT2D eigenvalue weighted by molar-refractivity contribution is 0.355. The zero-order valence-electron chi connectivity index (χ0n) is 22.8. The van der Waals surface area contributed by atoms with Crippen molar-refractivity contribution in [1.29, 1.82) is 0 Å². The molecule has 2 aromatic carbocycles. The minimum absolute atomic E-state index is 0.447. The number of aromatic nitrogens is 3. The van der Waals surface area contributed by atoms with Crippen molar-refractivity contribution in [2.45, 2.75) is 69.9 Å². The summed E-state index contributed by atoms with van der Waals surface area (Å²) in [6, 6.07) is 20.4. The molecule has 2 aromatic heterocycles. The van der Waals surface area contributed by atoms with E-state index in [0.29, 0.717) is 12.1 Å². The maximum atomic E-state index is 4.94. The van der Waals surface area contributed by atoms with Crippen LogP contribution in [0.3, 0.4) is 0 Å². The van der Waals surface area contributed by atoms with Gasteiger partial charge >= 0.3 is 0 Å². The van der Waals surface area contributed by atoms with E-state index in [1.807, 2.05) is 0 Å². The first-order valence-corrected chi connectivity index (χ1v) is 14.4. The molecule has 0 unspecified atom stereocenters. The van der Waals surface area contributed by atoms with Crippen LogP contribution in [0.25, 0.3) is 22.2 Å². The third-order valence-electron chi connectivity index (χ3n) is 8.33. The number of hydrogen-bond acceptors (Lipinski definition) is 5. The minimum Gasteiger partial charge on any atom is -0.362 e. The Kier molecular flexibility index (Phi) is 7.32. The van der Waals surface area contributed by atoms with Crippen molar-refractivity contribution >= 4 is 22.7 Å². The van der Waals surface area contributed by atoms with E-state index in [1.54, 1.807) is 0 Å². The van der Waals surface area contributed by atoms with Crippen molar-refractivity contribution < 1.29 is 0 Å². The lowest BCUT2D eigenvalue weighted by Gasteiger charge is -2.30. The fourth-order valence-corrected chi connectivity index (χ4v) is 6.35. The van der Waals surface area contributed by atoms with Crippen LogP contribution in [0.5, 0.6) is 0 Å². The van der Waals surface area contributed by atoms with Gasteiger partial charge in [0.25, 0.3) is 0 Å². The number of aryl methyl sites for hydroxylation is 1. The molecule has 6 nitrogen and oxygen atoms in total. The van der Waals surface area contributed by atoms with Crippen LogP contribution in [-0.2, 0) is 19.3 Å². The fraction of sp³-hybridized carbons (Fsp3) is 0.438. The van der Waals surface area contributed by atoms with Crippen LogP contribution in [0.15, 0.2) is 54.6 Å². The van der Waals surface area contributed by atoms with E-state index in [0.717, 1.165) is 50.4 Å². The van der Waals surface area contributed by atoms with Crippen LogP contribution in [-0.4, -0.2) is 47.7 Å². The standard InChI is InChI=1S/C32H40N6/c1-38(2)31-27-13-7-9-15-29(27)36-32(37-31)34-24-18-16-23(17-19-24)33-21-20-26-25-12-6-8-14-28(25)35-30(26)22-10-4-3-5-11-22/h3-6,8,10-12,14,23-24,33,35H,7,9,13,15-21H2,1-2H3,(H,34,36,37). The molecule has 0 atom stereocenters. The first kappa shape index (κ1) is 24.9. The molecule has 2 heterocycles. The Hall–Kier alpha value is -3.38. The van der Waals surface area contributed by atoms with E-state index in [9.17, 15) is 0 Å². The molecule has 6 heteroatoms. The molecule has 1 fully saturated rings. The molecule has 0 amide bonds. The molecule has 0 radical (unpaired) electrons. The van der Waals surface area contributed by atoms with Gasteiger partial charge in [-0.15, -0.1) is 0 Å². The highest BCUT2D eigenvalue weighted by Gasteiger charge is 2.24. The SMILES string of the molecule is CN(C)c1nc(NC2CCC(NCCc3c(-c4ccccc4)[nH]c4ccccc34)CC2)nc2c1CCCC2. The molecular formula is C32H40N6. The maximum absolute atomic E-state index is 4.94. The molecular weight excluding hydrogens is 468 g/mol. The van der Waals surface area contributed by atoms with Gasteiger partial charge in [-0.25, -0.2) is 4.98 Å². The summed E-state index contributed by atoms with van der Waals surface area (Å²) >= 11 is 0. The summed E-state index contributed by atoms with van der Waals surface area (Å²) in [5, 5.41) is 8.90. The number of H-pyrrole nitrogens is 1. The molecule has 0 bridgehead atoms. The smallest absolute Gasteiger partial charge is 0.225 e. The molecule has 1 saturated carbocycles. The summed E-state index contributed by atoms with van der Waals surface area (Å²) in [5.41, 5.74) is 7.74. The zero-order valence-corrected chi connectivity index (χ0v) is 22.8. The van der Waals surface area contributed by atoms with Gasteiger partial charge in [0, 0.05) is 48.3 Å². The van der Waals surface area contributed by atoms with Gasteiger partial charge in [0.1, 0.15) is 5.82 Å². The zero-order chi connectivity index (χ0) is 25.9. The van der Waals surface area contributed by atoms with Crippen molar-refractivity contribution in [3.05, 3.63) is 71.4 Å². The van der Waals surface area contributed by atoms with Crippen LogP contribution < -0.4 is 15.5 Å². The van der Waals surface area contributed by atoms with Gasteiger partial charge < -0.3 is 20.5 Å². The maximum Gasteiger partial charge on any atom is 0.225 e. The first-order chi connectivity index (χ1) is 18.7. The topological polar surface area (TPSA) is 68.9 Å². The molecule has 6 rings (SSSR count). The van der Waals surface area contributed by atoms with Crippen molar-refractivity contribution in [3.8, 4) is 11.3 Å². The lowest BCUT2D eigenvalue weighted by Crippen LogP contribution is -2.38. The molecule has 3 N–H and O–H groups in total. The van der Waals surface area contributed by atoms with Gasteiger partial charge in [-0.2, -0.15) is 4.98 Å². The molecule has 2 aliphatic rings. The summed E-state index contributed by atoms with van der Waals surface area (Å²) in [6.45, 7) is 0.991. The predicted octanol–water partition coefficient (Wildman–Crippen LogP) is 6.13. The summed E-state index contributed by atoms with van der Waals surface area (Å²) in [4.78, 5) is 15.7. The average molecular weight is 509 g/mol. The number of nitrogens with zero attached hydrogens (tertiary/aromatic N) is 3. The van der Waals surface area contributed by atoms with Crippen LogP contribution >= 0.6 is 0 Å². The lowest BCUT2D eigenvalue weighted by atomic mass is 9.91. The number of fused-ring (bicyclic) bond motifs is 2. The Morgan fingerprint density at radius 2 is 1.61 bits per heavy atom. The van der Waals surface area contributed by atoms with Gasteiger partial charge in [-0.3, -0.25) is 0 Å². The second-order valence-corrected chi connectivity index (χ2v) is 11.2. The van der Waals surface area contributed by atoms with Gasteiger partial charge in [0.2, 0.25) is 5.95 Å². The Morgan fingerprint density at radius 3 is 2.42 bits per heavy atom. The highest BCUT2D eigenvalue weighted by Crippen LogP contribution is 2.31. The van der Waals surface area contributed by atoms with Crippen LogP contribution in [0.2, 0.25) is 0 Å². The van der Waals surface area contributed by atoms with E-state index in [2.05, 4.69) is 89.2 Å². The fourth-order valence-electron chi connectivity index (χ4n) is 6.35. The van der Waals surface area contributed by atoms with Gasteiger partial charge in [0.15, 0.2) is 0 Å². The largest absolute Gasteiger partial charge is 0.362 e. The van der Waals surface area contributed by atoms with Crippen molar-refractivity contribution in [2.75, 3.05) is 30.9 Å². The molecule has 198 valence electrons. The van der Waals surface area contributed by atoms with Gasteiger partial charge in [-0.05, 0) is 81.5 Å². The van der Waals surface area contributed by atoms with Crippen molar-refractivity contribution in [1.82, 2.24) is 20.3 Å². The Labute approximate surface area is 226 Å². The Morgan fingerprint density at radius 1 is 0.868 bits per heavy atom. The van der Waals surface area contributed by atoms with Crippen molar-refractivity contribution in [2.24, 2.45) is 0 Å². The molecule has 0 spiro atoms. The predicted molar refractivity (Wildman–Crippen MR) is 158 cm³/mol. The van der Waals surface area contributed by atoms with E-state index >= 15 is 0 Å². The third-order valence-corrected chi connectivity index (χ3v) is 8.33. The first-order valence-electron chi connectivity index (χ1n) is 14.4. The van der Waals surface area contributed by atoms with Crippen LogP contribution in [0, 0.1) is 0 Å². The van der Waals surface area contributed by atoms with E-state index < -0.39 is 0 Å². The highest BCUT2D eigenvalue weighted by molar-refractivity contribution is 5.90. The van der Waals surface area contributed by atoms with E-state index in [4.69, 9.17) is 9.97 Å². The van der Waals surface area contributed by atoms with Gasteiger partial charge in [0.05, 0.1) is 5.69 Å². The number of nitrogens with one attached hydrogen (secondary N) is 3. The third kappa shape index (κ3) is 5.28. The van der Waals surface area contributed by atoms with Gasteiger partial charge in [-0.1, -0.05) is 48.5 Å². The number of para-hydroxylation sites is 1. The molecule has 4 aromatic rings. The summed E-state index contributed by atoms with van der Waals surface area (Å²) in [5.74, 6) is 1.92. The number of benzene rings is 2. The Bertz CT molecular complexity index is 1370. The molecule has 0 aliphatic heterocycles. The average Bonchev–Trinajstić information content (AvgIpc) is 3.32. The summed E-state index contributed by atoms with van der Waals surface area (Å²) in [7, 11) is 4.19. The molecule has 38 heavy (non-hydrogen) atoms. The van der Waals surface area contributed by atoms with Crippen LogP contribution in [0.4, 0.5) is 11.8 Å². The van der Waals surface area contributed by atoms with E-state index in [1.165, 1.54) is 64.7 Å². The molecule has 2 aliphatic carbocycles. The van der Waals surface area contributed by atoms with E-state index in [-0.39, 0.29) is 0 Å². The van der Waals surface area contributed by atoms with Crippen LogP contribution in [0.1, 0.15) is 55.3 Å². The monoisotopic (exact) mass is 508 g/mol. The number of rotatable bonds is 8. The quantitative estimate of drug-likeness (QED) is 0.267. The summed E-state index contributed by atoms with van der Waals surface area (Å²) < 4.78 is 0. The summed E-state index contributed by atoms with van der Waals surface area (Å²) in [6.07, 6.45) is 10.3. The molecule has 0 saturated heterocycles.